The molecule has 2 aromatic rings. The number of hydrogen-bond donors (Lipinski definition) is 1. The highest BCUT2D eigenvalue weighted by Crippen LogP contribution is 2.22. The summed E-state index contributed by atoms with van der Waals surface area (Å²) in [6.07, 6.45) is 0.995. The van der Waals surface area contributed by atoms with Gasteiger partial charge in [-0.25, -0.2) is 17.1 Å². The third-order valence-electron chi connectivity index (χ3n) is 5.30. The second-order valence-corrected chi connectivity index (χ2v) is 9.42. The first-order valence-corrected chi connectivity index (χ1v) is 11.6. The van der Waals surface area contributed by atoms with Gasteiger partial charge in [0, 0.05) is 19.0 Å². The van der Waals surface area contributed by atoms with Crippen molar-refractivity contribution in [3.63, 3.8) is 0 Å². The Labute approximate surface area is 177 Å². The summed E-state index contributed by atoms with van der Waals surface area (Å²) in [5.74, 6) is -0.104. The van der Waals surface area contributed by atoms with E-state index in [4.69, 9.17) is 4.74 Å². The zero-order valence-corrected chi connectivity index (χ0v) is 17.8. The standard InChI is InChI=1S/C22H27FN2O4S/c1-17-4-2-3-5-19(17)16-30(27,28)25-13-10-18(11-14-25)22(26)24-12-15-29-21-8-6-20(23)7-9-21/h2-9,18H,10-16H2,1H3,(H,24,26). The van der Waals surface area contributed by atoms with Crippen molar-refractivity contribution in [2.24, 2.45) is 5.92 Å². The first-order valence-electron chi connectivity index (χ1n) is 10.0. The fourth-order valence-electron chi connectivity index (χ4n) is 3.47. The smallest absolute Gasteiger partial charge is 0.223 e. The largest absolute Gasteiger partial charge is 0.492 e. The van der Waals surface area contributed by atoms with Gasteiger partial charge in [0.05, 0.1) is 12.3 Å². The molecule has 0 bridgehead atoms. The summed E-state index contributed by atoms with van der Waals surface area (Å²) in [6, 6.07) is 13.2. The van der Waals surface area contributed by atoms with Gasteiger partial charge in [0.1, 0.15) is 18.2 Å². The maximum atomic E-state index is 12.9. The third kappa shape index (κ3) is 6.03. The van der Waals surface area contributed by atoms with Crippen LogP contribution in [0.15, 0.2) is 48.5 Å². The maximum absolute atomic E-state index is 12.9. The van der Waals surface area contributed by atoms with Crippen molar-refractivity contribution in [2.45, 2.75) is 25.5 Å². The molecule has 3 rings (SSSR count). The number of carbonyl (C=O) groups excluding carboxylic acids is 1. The van der Waals surface area contributed by atoms with Gasteiger partial charge in [-0.2, -0.15) is 0 Å². The van der Waals surface area contributed by atoms with Crippen molar-refractivity contribution >= 4 is 15.9 Å². The lowest BCUT2D eigenvalue weighted by molar-refractivity contribution is -0.126. The van der Waals surface area contributed by atoms with Crippen LogP contribution in [0.4, 0.5) is 4.39 Å². The molecule has 1 heterocycles. The highest BCUT2D eigenvalue weighted by atomic mass is 32.2. The van der Waals surface area contributed by atoms with Crippen molar-refractivity contribution in [2.75, 3.05) is 26.2 Å². The lowest BCUT2D eigenvalue weighted by atomic mass is 9.97. The van der Waals surface area contributed by atoms with E-state index >= 15 is 0 Å². The van der Waals surface area contributed by atoms with Crippen molar-refractivity contribution in [3.8, 4) is 5.75 Å². The van der Waals surface area contributed by atoms with E-state index < -0.39 is 10.0 Å². The van der Waals surface area contributed by atoms with Crippen molar-refractivity contribution in [1.29, 1.82) is 0 Å². The number of nitrogens with one attached hydrogen (secondary N) is 1. The van der Waals surface area contributed by atoms with Crippen LogP contribution in [0.3, 0.4) is 0 Å². The fourth-order valence-corrected chi connectivity index (χ4v) is 5.14. The molecule has 1 N–H and O–H groups in total. The molecule has 0 atom stereocenters. The molecule has 1 aliphatic heterocycles. The Bertz CT molecular complexity index is 955. The molecule has 1 aliphatic rings. The summed E-state index contributed by atoms with van der Waals surface area (Å²) in [5, 5.41) is 2.83. The Kier molecular flexibility index (Phi) is 7.44. The predicted octanol–water partition coefficient (Wildman–Crippen LogP) is 2.87. The Morgan fingerprint density at radius 1 is 1.13 bits per heavy atom. The number of benzene rings is 2. The second-order valence-electron chi connectivity index (χ2n) is 7.45. The number of halogens is 1. The number of amides is 1. The Morgan fingerprint density at radius 2 is 1.80 bits per heavy atom. The lowest BCUT2D eigenvalue weighted by Gasteiger charge is -2.30. The number of hydrogen-bond acceptors (Lipinski definition) is 4. The van der Waals surface area contributed by atoms with Gasteiger partial charge >= 0.3 is 0 Å². The van der Waals surface area contributed by atoms with Crippen LogP contribution in [0.2, 0.25) is 0 Å². The summed E-state index contributed by atoms with van der Waals surface area (Å²) < 4.78 is 45.3. The molecule has 0 aromatic heterocycles. The van der Waals surface area contributed by atoms with Crippen LogP contribution < -0.4 is 10.1 Å². The zero-order valence-electron chi connectivity index (χ0n) is 17.0. The van der Waals surface area contributed by atoms with Crippen LogP contribution >= 0.6 is 0 Å². The molecule has 0 saturated carbocycles. The maximum Gasteiger partial charge on any atom is 0.223 e. The molecule has 0 radical (unpaired) electrons. The molecule has 0 unspecified atom stereocenters. The van der Waals surface area contributed by atoms with Crippen molar-refractivity contribution < 1.29 is 22.3 Å². The molecule has 162 valence electrons. The average molecular weight is 435 g/mol. The molecule has 0 spiro atoms. The monoisotopic (exact) mass is 434 g/mol. The van der Waals surface area contributed by atoms with E-state index in [9.17, 15) is 17.6 Å². The highest BCUT2D eigenvalue weighted by molar-refractivity contribution is 7.88. The molecule has 30 heavy (non-hydrogen) atoms. The van der Waals surface area contributed by atoms with E-state index in [0.717, 1.165) is 11.1 Å². The summed E-state index contributed by atoms with van der Waals surface area (Å²) in [5.41, 5.74) is 1.76. The number of carbonyl (C=O) groups is 1. The van der Waals surface area contributed by atoms with Gasteiger partial charge in [-0.3, -0.25) is 4.79 Å². The van der Waals surface area contributed by atoms with Gasteiger partial charge in [-0.15, -0.1) is 0 Å². The van der Waals surface area contributed by atoms with Gasteiger partial charge in [0.2, 0.25) is 15.9 Å². The first-order chi connectivity index (χ1) is 14.3. The summed E-state index contributed by atoms with van der Waals surface area (Å²) in [4.78, 5) is 12.4. The van der Waals surface area contributed by atoms with Crippen LogP contribution in [0.25, 0.3) is 0 Å². The number of rotatable bonds is 8. The van der Waals surface area contributed by atoms with Gasteiger partial charge in [-0.05, 0) is 55.2 Å². The van der Waals surface area contributed by atoms with Gasteiger partial charge in [-0.1, -0.05) is 24.3 Å². The Morgan fingerprint density at radius 3 is 2.47 bits per heavy atom. The molecule has 1 saturated heterocycles. The first kappa shape index (κ1) is 22.2. The lowest BCUT2D eigenvalue weighted by Crippen LogP contribution is -2.44. The number of sulfonamides is 1. The molecule has 1 fully saturated rings. The third-order valence-corrected chi connectivity index (χ3v) is 7.13. The minimum atomic E-state index is -3.41. The van der Waals surface area contributed by atoms with Crippen LogP contribution in [0.1, 0.15) is 24.0 Å². The van der Waals surface area contributed by atoms with E-state index in [-0.39, 0.29) is 30.0 Å². The van der Waals surface area contributed by atoms with Crippen molar-refractivity contribution in [1.82, 2.24) is 9.62 Å². The van der Waals surface area contributed by atoms with E-state index in [1.54, 1.807) is 0 Å². The van der Waals surface area contributed by atoms with Crippen LogP contribution in [0, 0.1) is 18.7 Å². The fraction of sp³-hybridized carbons (Fsp3) is 0.409. The summed E-state index contributed by atoms with van der Waals surface area (Å²) in [7, 11) is -3.41. The molecule has 6 nitrogen and oxygen atoms in total. The molecule has 2 aromatic carbocycles. The Hall–Kier alpha value is -2.45. The van der Waals surface area contributed by atoms with E-state index in [0.29, 0.717) is 38.2 Å². The Balaban J connectivity index is 1.41. The van der Waals surface area contributed by atoms with E-state index in [2.05, 4.69) is 5.32 Å². The van der Waals surface area contributed by atoms with Crippen LogP contribution in [-0.4, -0.2) is 44.9 Å². The van der Waals surface area contributed by atoms with Gasteiger partial charge in [0.25, 0.3) is 0 Å². The molecule has 8 heteroatoms. The number of piperidine rings is 1. The number of nitrogens with zero attached hydrogens (tertiary/aromatic N) is 1. The topological polar surface area (TPSA) is 75.7 Å². The average Bonchev–Trinajstić information content (AvgIpc) is 2.74. The predicted molar refractivity (Wildman–Crippen MR) is 113 cm³/mol. The van der Waals surface area contributed by atoms with Crippen LogP contribution in [0.5, 0.6) is 5.75 Å². The highest BCUT2D eigenvalue weighted by Gasteiger charge is 2.31. The normalized spacial score (nSPS) is 15.7. The van der Waals surface area contributed by atoms with Gasteiger partial charge < -0.3 is 10.1 Å². The second kappa shape index (κ2) is 10.0. The van der Waals surface area contributed by atoms with Gasteiger partial charge in [0.15, 0.2) is 0 Å². The molecular weight excluding hydrogens is 407 g/mol. The van der Waals surface area contributed by atoms with E-state index in [1.807, 2.05) is 31.2 Å². The summed E-state index contributed by atoms with van der Waals surface area (Å²) in [6.45, 7) is 3.21. The number of aryl methyl sites for hydroxylation is 1. The molecule has 0 aliphatic carbocycles. The van der Waals surface area contributed by atoms with Crippen molar-refractivity contribution in [3.05, 3.63) is 65.5 Å². The summed E-state index contributed by atoms with van der Waals surface area (Å²) >= 11 is 0. The molecule has 1 amide bonds. The zero-order chi connectivity index (χ0) is 21.6. The SMILES string of the molecule is Cc1ccccc1CS(=O)(=O)N1CCC(C(=O)NCCOc2ccc(F)cc2)CC1. The van der Waals surface area contributed by atoms with E-state index in [1.165, 1.54) is 28.6 Å². The minimum absolute atomic E-state index is 0.0166. The minimum Gasteiger partial charge on any atom is -0.492 e. The number of ether oxygens (including phenoxy) is 1. The quantitative estimate of drug-likeness (QED) is 0.649. The molecular formula is C22H27FN2O4S. The van der Waals surface area contributed by atoms with Crippen LogP contribution in [-0.2, 0) is 20.6 Å².